The fourth-order valence-electron chi connectivity index (χ4n) is 3.01. The van der Waals surface area contributed by atoms with Gasteiger partial charge in [0.2, 0.25) is 0 Å². The molecule has 1 N–H and O–H groups in total. The van der Waals surface area contributed by atoms with Crippen LogP contribution in [0.1, 0.15) is 30.1 Å². The van der Waals surface area contributed by atoms with Gasteiger partial charge in [0.15, 0.2) is 11.6 Å². The van der Waals surface area contributed by atoms with Crippen molar-refractivity contribution >= 4 is 11.7 Å². The first-order valence-corrected chi connectivity index (χ1v) is 8.57. The highest BCUT2D eigenvalue weighted by atomic mass is 19.1. The molecule has 6 heteroatoms. The Morgan fingerprint density at radius 3 is 2.76 bits per heavy atom. The summed E-state index contributed by atoms with van der Waals surface area (Å²) in [6.45, 7) is 3.65. The summed E-state index contributed by atoms with van der Waals surface area (Å²) in [4.78, 5) is 18.6. The van der Waals surface area contributed by atoms with Crippen molar-refractivity contribution in [3.05, 3.63) is 54.0 Å². The number of hydrogen-bond donors (Lipinski definition) is 1. The smallest absolute Gasteiger partial charge is 0.257 e. The van der Waals surface area contributed by atoms with Gasteiger partial charge in [0.05, 0.1) is 12.2 Å². The fourth-order valence-corrected chi connectivity index (χ4v) is 3.01. The second kappa shape index (κ2) is 7.96. The van der Waals surface area contributed by atoms with Gasteiger partial charge in [-0.15, -0.1) is 0 Å². The number of carbonyl (C=O) groups is 1. The van der Waals surface area contributed by atoms with Crippen LogP contribution >= 0.6 is 0 Å². The van der Waals surface area contributed by atoms with Gasteiger partial charge in [0.25, 0.3) is 5.91 Å². The van der Waals surface area contributed by atoms with E-state index < -0.39 is 0 Å². The van der Waals surface area contributed by atoms with Crippen LogP contribution in [-0.4, -0.2) is 41.5 Å². The van der Waals surface area contributed by atoms with E-state index in [0.29, 0.717) is 31.0 Å². The second-order valence-electron chi connectivity index (χ2n) is 5.97. The molecule has 2 heterocycles. The third-order valence-corrected chi connectivity index (χ3v) is 4.30. The van der Waals surface area contributed by atoms with Crippen molar-refractivity contribution < 1.29 is 13.9 Å². The lowest BCUT2D eigenvalue weighted by Gasteiger charge is -2.33. The average Bonchev–Trinajstić information content (AvgIpc) is 2.64. The number of ether oxygens (including phenoxy) is 1. The highest BCUT2D eigenvalue weighted by Gasteiger charge is 2.25. The summed E-state index contributed by atoms with van der Waals surface area (Å²) < 4.78 is 19.2. The summed E-state index contributed by atoms with van der Waals surface area (Å²) in [7, 11) is 0. The lowest BCUT2D eigenvalue weighted by molar-refractivity contribution is 0.0714. The lowest BCUT2D eigenvalue weighted by Crippen LogP contribution is -2.42. The van der Waals surface area contributed by atoms with E-state index >= 15 is 0 Å². The third kappa shape index (κ3) is 4.07. The van der Waals surface area contributed by atoms with Crippen LogP contribution in [0.3, 0.4) is 0 Å². The summed E-state index contributed by atoms with van der Waals surface area (Å²) in [6.07, 6.45) is 3.06. The molecule has 132 valence electrons. The minimum Gasteiger partial charge on any atom is -0.493 e. The number of halogens is 1. The van der Waals surface area contributed by atoms with Gasteiger partial charge >= 0.3 is 0 Å². The summed E-state index contributed by atoms with van der Waals surface area (Å²) >= 11 is 0. The maximum atomic E-state index is 13.7. The fraction of sp³-hybridized carbons (Fsp3) is 0.368. The predicted octanol–water partition coefficient (Wildman–Crippen LogP) is 3.34. The maximum absolute atomic E-state index is 13.7. The van der Waals surface area contributed by atoms with E-state index in [0.717, 1.165) is 12.8 Å². The van der Waals surface area contributed by atoms with Crippen LogP contribution in [0.4, 0.5) is 10.2 Å². The number of aromatic nitrogens is 1. The topological polar surface area (TPSA) is 54.5 Å². The van der Waals surface area contributed by atoms with Gasteiger partial charge < -0.3 is 15.0 Å². The van der Waals surface area contributed by atoms with Gasteiger partial charge in [-0.25, -0.2) is 9.37 Å². The molecule has 1 saturated heterocycles. The molecule has 0 saturated carbocycles. The molecule has 1 aliphatic heterocycles. The van der Waals surface area contributed by atoms with E-state index in [9.17, 15) is 9.18 Å². The van der Waals surface area contributed by atoms with Crippen LogP contribution < -0.4 is 10.1 Å². The van der Waals surface area contributed by atoms with Crippen molar-refractivity contribution in [2.45, 2.75) is 25.8 Å². The largest absolute Gasteiger partial charge is 0.493 e. The number of rotatable bonds is 5. The number of benzene rings is 1. The molecule has 25 heavy (non-hydrogen) atoms. The maximum Gasteiger partial charge on any atom is 0.257 e. The number of likely N-dealkylation sites (tertiary alicyclic amines) is 1. The number of nitrogens with one attached hydrogen (secondary N) is 1. The van der Waals surface area contributed by atoms with Crippen LogP contribution in [0.5, 0.6) is 5.75 Å². The number of nitrogens with zero attached hydrogens (tertiary/aromatic N) is 2. The van der Waals surface area contributed by atoms with E-state index in [1.807, 2.05) is 30.0 Å². The summed E-state index contributed by atoms with van der Waals surface area (Å²) in [5.74, 6) is 0.512. The summed E-state index contributed by atoms with van der Waals surface area (Å²) in [6, 6.07) is 10.4. The molecular formula is C19H22FN3O2. The Labute approximate surface area is 146 Å². The molecule has 0 spiro atoms. The Bertz CT molecular complexity index is 730. The van der Waals surface area contributed by atoms with Crippen LogP contribution in [0.25, 0.3) is 0 Å². The Balaban J connectivity index is 1.61. The van der Waals surface area contributed by atoms with Crippen LogP contribution in [-0.2, 0) is 0 Å². The van der Waals surface area contributed by atoms with Crippen LogP contribution in [0.2, 0.25) is 0 Å². The average molecular weight is 343 g/mol. The monoisotopic (exact) mass is 343 g/mol. The standard InChI is InChI=1S/C19H22FN3O2/c1-2-25-17-8-4-3-6-15(17)19(24)23-12-9-14(10-13-23)22-18-16(20)7-5-11-21-18/h3-8,11,14H,2,9-10,12-13H2,1H3,(H,21,22). The molecule has 0 radical (unpaired) electrons. The van der Waals surface area contributed by atoms with E-state index in [4.69, 9.17) is 4.74 Å². The molecule has 1 amide bonds. The van der Waals surface area contributed by atoms with E-state index in [2.05, 4.69) is 10.3 Å². The number of anilines is 1. The number of para-hydroxylation sites is 1. The van der Waals surface area contributed by atoms with Gasteiger partial charge in [-0.05, 0) is 44.0 Å². The summed E-state index contributed by atoms with van der Waals surface area (Å²) in [5, 5.41) is 3.13. The number of pyridine rings is 1. The summed E-state index contributed by atoms with van der Waals surface area (Å²) in [5.41, 5.74) is 0.589. The normalized spacial score (nSPS) is 15.0. The number of piperidine rings is 1. The Hall–Kier alpha value is -2.63. The van der Waals surface area contributed by atoms with Crippen molar-refractivity contribution in [2.24, 2.45) is 0 Å². The first-order chi connectivity index (χ1) is 12.2. The lowest BCUT2D eigenvalue weighted by atomic mass is 10.0. The molecule has 3 rings (SSSR count). The van der Waals surface area contributed by atoms with Crippen molar-refractivity contribution in [1.29, 1.82) is 0 Å². The number of amides is 1. The zero-order valence-corrected chi connectivity index (χ0v) is 14.2. The van der Waals surface area contributed by atoms with Gasteiger partial charge in [-0.1, -0.05) is 12.1 Å². The molecule has 0 atom stereocenters. The first kappa shape index (κ1) is 17.2. The van der Waals surface area contributed by atoms with Crippen molar-refractivity contribution in [3.63, 3.8) is 0 Å². The Kier molecular flexibility index (Phi) is 5.48. The Morgan fingerprint density at radius 2 is 2.04 bits per heavy atom. The molecule has 5 nitrogen and oxygen atoms in total. The molecular weight excluding hydrogens is 321 g/mol. The number of hydrogen-bond acceptors (Lipinski definition) is 4. The zero-order valence-electron chi connectivity index (χ0n) is 14.2. The predicted molar refractivity (Wildman–Crippen MR) is 94.4 cm³/mol. The molecule has 1 aromatic heterocycles. The van der Waals surface area contributed by atoms with Gasteiger partial charge in [-0.2, -0.15) is 0 Å². The molecule has 0 aliphatic carbocycles. The van der Waals surface area contributed by atoms with Crippen molar-refractivity contribution in [1.82, 2.24) is 9.88 Å². The van der Waals surface area contributed by atoms with E-state index in [1.54, 1.807) is 18.3 Å². The van der Waals surface area contributed by atoms with Gasteiger partial charge in [-0.3, -0.25) is 4.79 Å². The van der Waals surface area contributed by atoms with Crippen molar-refractivity contribution in [2.75, 3.05) is 25.0 Å². The highest BCUT2D eigenvalue weighted by Crippen LogP contribution is 2.23. The molecule has 0 bridgehead atoms. The van der Waals surface area contributed by atoms with Gasteiger partial charge in [0, 0.05) is 25.3 Å². The molecule has 2 aromatic rings. The van der Waals surface area contributed by atoms with Crippen LogP contribution in [0, 0.1) is 5.82 Å². The minimum atomic E-state index is -0.355. The molecule has 1 fully saturated rings. The molecule has 1 aromatic carbocycles. The molecule has 1 aliphatic rings. The van der Waals surface area contributed by atoms with E-state index in [1.165, 1.54) is 6.07 Å². The number of carbonyl (C=O) groups excluding carboxylic acids is 1. The minimum absolute atomic E-state index is 0.0217. The van der Waals surface area contributed by atoms with Crippen LogP contribution in [0.15, 0.2) is 42.6 Å². The Morgan fingerprint density at radius 1 is 1.28 bits per heavy atom. The first-order valence-electron chi connectivity index (χ1n) is 8.57. The quantitative estimate of drug-likeness (QED) is 0.905. The molecule has 0 unspecified atom stereocenters. The second-order valence-corrected chi connectivity index (χ2v) is 5.97. The van der Waals surface area contributed by atoms with Crippen molar-refractivity contribution in [3.8, 4) is 5.75 Å². The van der Waals surface area contributed by atoms with Gasteiger partial charge in [0.1, 0.15) is 5.75 Å². The highest BCUT2D eigenvalue weighted by molar-refractivity contribution is 5.97. The van der Waals surface area contributed by atoms with E-state index in [-0.39, 0.29) is 23.6 Å². The SMILES string of the molecule is CCOc1ccccc1C(=O)N1CCC(Nc2ncccc2F)CC1. The zero-order chi connectivity index (χ0) is 17.6. The third-order valence-electron chi connectivity index (χ3n) is 4.30.